The van der Waals surface area contributed by atoms with Crippen LogP contribution in [0.5, 0.6) is 0 Å². The lowest BCUT2D eigenvalue weighted by molar-refractivity contribution is 0.134. The smallest absolute Gasteiger partial charge is 0.0724 e. The fourth-order valence-corrected chi connectivity index (χ4v) is 1.11. The van der Waals surface area contributed by atoms with E-state index in [1.807, 2.05) is 12.1 Å². The van der Waals surface area contributed by atoms with Gasteiger partial charge in [0, 0.05) is 6.61 Å². The normalized spacial score (nSPS) is 13.2. The summed E-state index contributed by atoms with van der Waals surface area (Å²) < 4.78 is 5.21. The zero-order valence-corrected chi connectivity index (χ0v) is 7.29. The van der Waals surface area contributed by atoms with Crippen molar-refractivity contribution < 1.29 is 9.84 Å². The molecule has 0 atom stereocenters. The van der Waals surface area contributed by atoms with Crippen LogP contribution in [0, 0.1) is 0 Å². The Morgan fingerprint density at radius 2 is 1.67 bits per heavy atom. The van der Waals surface area contributed by atoms with Crippen LogP contribution < -0.4 is 0 Å². The standard InChI is InChI=1S/C8H8O.C2H6O/c1-2-4-8-6-9-5-7(8)3-1;1-2-3/h1-4H,5-6H2;3H,2H2,1H3. The summed E-state index contributed by atoms with van der Waals surface area (Å²) in [7, 11) is 0. The Kier molecular flexibility index (Phi) is 3.77. The first kappa shape index (κ1) is 9.23. The van der Waals surface area contributed by atoms with Crippen LogP contribution in [0.3, 0.4) is 0 Å². The summed E-state index contributed by atoms with van der Waals surface area (Å²) in [6.45, 7) is 3.53. The summed E-state index contributed by atoms with van der Waals surface area (Å²) in [5.74, 6) is 0. The maximum Gasteiger partial charge on any atom is 0.0724 e. The van der Waals surface area contributed by atoms with Crippen LogP contribution in [0.1, 0.15) is 18.1 Å². The van der Waals surface area contributed by atoms with Crippen molar-refractivity contribution in [3.63, 3.8) is 0 Å². The van der Waals surface area contributed by atoms with E-state index >= 15 is 0 Å². The third-order valence-electron chi connectivity index (χ3n) is 1.63. The Hall–Kier alpha value is -0.860. The van der Waals surface area contributed by atoms with E-state index in [1.54, 1.807) is 6.92 Å². The van der Waals surface area contributed by atoms with E-state index in [0.29, 0.717) is 0 Å². The second-order valence-corrected chi connectivity index (χ2v) is 2.58. The van der Waals surface area contributed by atoms with Gasteiger partial charge >= 0.3 is 0 Å². The number of benzene rings is 1. The molecule has 2 nitrogen and oxygen atoms in total. The molecule has 66 valence electrons. The first-order valence-corrected chi connectivity index (χ1v) is 4.14. The van der Waals surface area contributed by atoms with Gasteiger partial charge in [-0.05, 0) is 18.1 Å². The van der Waals surface area contributed by atoms with Gasteiger partial charge in [-0.25, -0.2) is 0 Å². The molecule has 1 aliphatic rings. The van der Waals surface area contributed by atoms with E-state index in [9.17, 15) is 0 Å². The van der Waals surface area contributed by atoms with Crippen molar-refractivity contribution in [3.05, 3.63) is 35.4 Å². The molecule has 1 aromatic rings. The van der Waals surface area contributed by atoms with Gasteiger partial charge < -0.3 is 9.84 Å². The predicted octanol–water partition coefficient (Wildman–Crippen LogP) is 1.72. The van der Waals surface area contributed by atoms with Crippen molar-refractivity contribution in [2.45, 2.75) is 20.1 Å². The number of aliphatic hydroxyl groups is 1. The number of hydrogen-bond donors (Lipinski definition) is 1. The Morgan fingerprint density at radius 3 is 2.08 bits per heavy atom. The maximum atomic E-state index is 7.57. The minimum absolute atomic E-state index is 0.250. The molecule has 1 aromatic carbocycles. The topological polar surface area (TPSA) is 29.5 Å². The van der Waals surface area contributed by atoms with Crippen molar-refractivity contribution in [2.24, 2.45) is 0 Å². The van der Waals surface area contributed by atoms with Crippen LogP contribution in [0.2, 0.25) is 0 Å². The molecule has 0 amide bonds. The van der Waals surface area contributed by atoms with E-state index in [1.165, 1.54) is 11.1 Å². The Balaban J connectivity index is 0.000000213. The van der Waals surface area contributed by atoms with E-state index in [0.717, 1.165) is 13.2 Å². The predicted molar refractivity (Wildman–Crippen MR) is 47.7 cm³/mol. The van der Waals surface area contributed by atoms with Crippen LogP contribution in [0.4, 0.5) is 0 Å². The van der Waals surface area contributed by atoms with Crippen LogP contribution in [0.15, 0.2) is 24.3 Å². The van der Waals surface area contributed by atoms with Crippen LogP contribution in [-0.2, 0) is 18.0 Å². The molecule has 1 aliphatic heterocycles. The molecule has 0 aromatic heterocycles. The first-order chi connectivity index (χ1) is 5.88. The molecular formula is C10H14O2. The number of fused-ring (bicyclic) bond motifs is 1. The van der Waals surface area contributed by atoms with E-state index in [-0.39, 0.29) is 6.61 Å². The van der Waals surface area contributed by atoms with Crippen LogP contribution >= 0.6 is 0 Å². The highest BCUT2D eigenvalue weighted by Gasteiger charge is 2.07. The molecule has 0 fully saturated rings. The maximum absolute atomic E-state index is 7.57. The minimum Gasteiger partial charge on any atom is -0.397 e. The fourth-order valence-electron chi connectivity index (χ4n) is 1.11. The van der Waals surface area contributed by atoms with E-state index < -0.39 is 0 Å². The van der Waals surface area contributed by atoms with Gasteiger partial charge in [0.1, 0.15) is 0 Å². The van der Waals surface area contributed by atoms with Gasteiger partial charge in [-0.2, -0.15) is 0 Å². The molecule has 2 heteroatoms. The largest absolute Gasteiger partial charge is 0.397 e. The summed E-state index contributed by atoms with van der Waals surface area (Å²) in [6.07, 6.45) is 0. The molecule has 0 aliphatic carbocycles. The average Bonchev–Trinajstić information content (AvgIpc) is 2.52. The van der Waals surface area contributed by atoms with Crippen molar-refractivity contribution in [1.29, 1.82) is 0 Å². The number of aliphatic hydroxyl groups excluding tert-OH is 1. The summed E-state index contributed by atoms with van der Waals surface area (Å²) in [5.41, 5.74) is 2.69. The minimum atomic E-state index is 0.250. The summed E-state index contributed by atoms with van der Waals surface area (Å²) in [4.78, 5) is 0. The number of hydrogen-bond acceptors (Lipinski definition) is 2. The lowest BCUT2D eigenvalue weighted by atomic mass is 10.1. The molecule has 2 rings (SSSR count). The third kappa shape index (κ3) is 2.32. The quantitative estimate of drug-likeness (QED) is 0.635. The van der Waals surface area contributed by atoms with Crippen LogP contribution in [0.25, 0.3) is 0 Å². The van der Waals surface area contributed by atoms with Gasteiger partial charge in [0.05, 0.1) is 13.2 Å². The molecule has 1 heterocycles. The summed E-state index contributed by atoms with van der Waals surface area (Å²) in [5, 5.41) is 7.57. The molecule has 0 bridgehead atoms. The lowest BCUT2D eigenvalue weighted by Gasteiger charge is -1.90. The van der Waals surface area contributed by atoms with Crippen molar-refractivity contribution in [3.8, 4) is 0 Å². The van der Waals surface area contributed by atoms with Crippen molar-refractivity contribution in [2.75, 3.05) is 6.61 Å². The van der Waals surface area contributed by atoms with Gasteiger partial charge in [0.25, 0.3) is 0 Å². The van der Waals surface area contributed by atoms with E-state index in [2.05, 4.69) is 12.1 Å². The Labute approximate surface area is 72.8 Å². The van der Waals surface area contributed by atoms with Gasteiger partial charge in [-0.3, -0.25) is 0 Å². The molecular weight excluding hydrogens is 152 g/mol. The highest BCUT2D eigenvalue weighted by atomic mass is 16.5. The first-order valence-electron chi connectivity index (χ1n) is 4.14. The number of ether oxygens (including phenoxy) is 1. The highest BCUT2D eigenvalue weighted by Crippen LogP contribution is 2.17. The third-order valence-corrected chi connectivity index (χ3v) is 1.63. The molecule has 0 spiro atoms. The Morgan fingerprint density at radius 1 is 1.25 bits per heavy atom. The SMILES string of the molecule is CCO.c1ccc2c(c1)COC2. The second kappa shape index (κ2) is 4.91. The molecule has 1 N–H and O–H groups in total. The highest BCUT2D eigenvalue weighted by molar-refractivity contribution is 5.27. The molecule has 0 unspecified atom stereocenters. The average molecular weight is 166 g/mol. The van der Waals surface area contributed by atoms with Crippen molar-refractivity contribution in [1.82, 2.24) is 0 Å². The molecule has 0 saturated heterocycles. The molecule has 0 saturated carbocycles. The van der Waals surface area contributed by atoms with Gasteiger partial charge in [-0.1, -0.05) is 24.3 Å². The lowest BCUT2D eigenvalue weighted by Crippen LogP contribution is -1.77. The number of rotatable bonds is 0. The van der Waals surface area contributed by atoms with Crippen LogP contribution in [-0.4, -0.2) is 11.7 Å². The fraction of sp³-hybridized carbons (Fsp3) is 0.400. The van der Waals surface area contributed by atoms with E-state index in [4.69, 9.17) is 9.84 Å². The van der Waals surface area contributed by atoms with Gasteiger partial charge in [0.15, 0.2) is 0 Å². The zero-order chi connectivity index (χ0) is 8.81. The molecule has 12 heavy (non-hydrogen) atoms. The monoisotopic (exact) mass is 166 g/mol. The van der Waals surface area contributed by atoms with Gasteiger partial charge in [0.2, 0.25) is 0 Å². The summed E-state index contributed by atoms with van der Waals surface area (Å²) >= 11 is 0. The zero-order valence-electron chi connectivity index (χ0n) is 7.29. The summed E-state index contributed by atoms with van der Waals surface area (Å²) in [6, 6.07) is 8.33. The molecule has 0 radical (unpaired) electrons. The van der Waals surface area contributed by atoms with Gasteiger partial charge in [-0.15, -0.1) is 0 Å². The van der Waals surface area contributed by atoms with Crippen molar-refractivity contribution >= 4 is 0 Å². The second-order valence-electron chi connectivity index (χ2n) is 2.58. The Bertz CT molecular complexity index is 210.